The van der Waals surface area contributed by atoms with Crippen molar-refractivity contribution in [2.24, 2.45) is 0 Å². The van der Waals surface area contributed by atoms with Gasteiger partial charge in [0.25, 0.3) is 0 Å². The van der Waals surface area contributed by atoms with Crippen LogP contribution in [0.1, 0.15) is 0 Å². The Labute approximate surface area is 78.6 Å². The van der Waals surface area contributed by atoms with Gasteiger partial charge in [-0.15, -0.1) is 0 Å². The third kappa shape index (κ3) is 0.0491. The molecule has 10 aliphatic rings. The Hall–Kier alpha value is -0.0705. The monoisotopic (exact) mass is 242 g/mol. The van der Waals surface area contributed by atoms with E-state index < -0.39 is 6.51 Å². The summed E-state index contributed by atoms with van der Waals surface area (Å²) in [5.41, 5.74) is 0. The molecule has 15 heavy (non-hydrogen) atoms. The fourth-order valence-corrected chi connectivity index (χ4v) is 88.0. The fourth-order valence-electron chi connectivity index (χ4n) is 15.8. The van der Waals surface area contributed by atoms with E-state index in [9.17, 15) is 0 Å². The van der Waals surface area contributed by atoms with E-state index in [4.69, 9.17) is 4.79 Å². The summed E-state index contributed by atoms with van der Waals surface area (Å²) in [6, 6.07) is 0. The van der Waals surface area contributed by atoms with Crippen LogP contribution < -0.4 is 0 Å². The normalized spacial score (nSPS) is 127. The number of fused-ring (bicyclic) bond motifs is 10. The van der Waals surface area contributed by atoms with Crippen LogP contribution in [-0.4, -0.2) is 6.29 Å². The number of hydrogen-bond acceptors (Lipinski definition) is 1. The molecule has 10 heterocycles. The minimum atomic E-state index is -2.28. The molecular weight excluding hydrogens is 228 g/mol. The van der Waals surface area contributed by atoms with Gasteiger partial charge in [0.1, 0.15) is 6.29 Å². The Bertz CT molecular complexity index is 661. The van der Waals surface area contributed by atoms with Gasteiger partial charge in [-0.05, 0) is 6.08 Å². The Morgan fingerprint density at radius 3 is 0.933 bits per heavy atom. The molecule has 2 heteroatoms. The van der Waals surface area contributed by atoms with Gasteiger partial charge >= 0.3 is 54.7 Å². The molecule has 0 aromatic heterocycles. The van der Waals surface area contributed by atoms with Crippen LogP contribution in [0.5, 0.6) is 0 Å². The molecule has 80 valence electrons. The van der Waals surface area contributed by atoms with E-state index in [1.165, 1.54) is 6.08 Å². The number of carbonyl (C=O) groups is 1. The number of allylic oxidation sites excluding steroid dienone is 1. The Balaban J connectivity index is 0.000000121. The maximum atomic E-state index is 9.06. The summed E-state index contributed by atoms with van der Waals surface area (Å²) < 4.78 is 0. The van der Waals surface area contributed by atoms with E-state index in [0.717, 1.165) is 0 Å². The van der Waals surface area contributed by atoms with E-state index >= 15 is 0 Å². The summed E-state index contributed by atoms with van der Waals surface area (Å²) in [6.45, 7) is 0.828. The molecule has 10 saturated heterocycles. The van der Waals surface area contributed by atoms with Crippen molar-refractivity contribution < 1.29 is 11.3 Å². The molecule has 0 saturated carbocycles. The van der Waals surface area contributed by atoms with E-state index in [1.807, 2.05) is 0 Å². The van der Waals surface area contributed by atoms with E-state index in [0.29, 0.717) is 6.29 Å². The van der Waals surface area contributed by atoms with Crippen LogP contribution in [0.25, 0.3) is 0 Å². The second-order valence-electron chi connectivity index (χ2n) is 9.96. The first kappa shape index (κ1) is 5.51. The van der Waals surface area contributed by atoms with Crippen molar-refractivity contribution in [3.05, 3.63) is 12.7 Å². The van der Waals surface area contributed by atoms with E-state index in [1.54, 1.807) is 48.2 Å². The number of carbonyl (C=O) groups excluding carboxylic acids is 1. The molecule has 0 radical (unpaired) electrons. The minimum absolute atomic E-state index is 0.639. The third-order valence-corrected chi connectivity index (χ3v) is 56.6. The molecule has 0 aromatic rings. The van der Waals surface area contributed by atoms with Gasteiger partial charge in [0.15, 0.2) is 0 Å². The molecule has 0 amide bonds. The fraction of sp³-hybridized carbons (Fsp3) is 0.769. The average Bonchev–Trinajstić information content (AvgIpc) is 3.18. The number of hydrogen-bond donors (Lipinski definition) is 0. The summed E-state index contributed by atoms with van der Waals surface area (Å²) in [5.74, 6) is 0. The van der Waals surface area contributed by atoms with Gasteiger partial charge in [-0.1, -0.05) is 6.58 Å². The third-order valence-electron chi connectivity index (χ3n) is 14.6. The molecule has 0 aromatic carbocycles. The SMILES string of the molecule is C=CC=O.[CH]12[CH]3[CH]4[CH]5[CH]1[Fe]23451678[CH]2[CH]1[CH]6[CH]7[CH]28. The molecule has 0 bridgehead atoms. The van der Waals surface area contributed by atoms with Gasteiger partial charge in [0.05, 0.1) is 0 Å². The second kappa shape index (κ2) is 0.393. The van der Waals surface area contributed by atoms with Crippen LogP contribution in [0.15, 0.2) is 12.7 Å². The summed E-state index contributed by atoms with van der Waals surface area (Å²) in [6.07, 6.45) is 1.83. The molecule has 10 rings (SSSR count). The van der Waals surface area contributed by atoms with Crippen molar-refractivity contribution in [1.82, 2.24) is 0 Å². The first-order valence-electron chi connectivity index (χ1n) is 6.35. The molecule has 10 fully saturated rings. The summed E-state index contributed by atoms with van der Waals surface area (Å²) in [4.78, 5) is 25.0. The molecule has 1 spiro atoms. The van der Waals surface area contributed by atoms with Gasteiger partial charge in [-0.2, -0.15) is 0 Å². The molecule has 0 N–H and O–H groups in total. The van der Waals surface area contributed by atoms with Crippen molar-refractivity contribution in [3.8, 4) is 0 Å². The van der Waals surface area contributed by atoms with Gasteiger partial charge in [-0.3, -0.25) is 4.79 Å². The van der Waals surface area contributed by atoms with Crippen molar-refractivity contribution in [2.75, 3.05) is 0 Å². The van der Waals surface area contributed by atoms with Crippen LogP contribution in [-0.2, 0) is 11.3 Å². The zero-order valence-electron chi connectivity index (χ0n) is 8.40. The summed E-state index contributed by atoms with van der Waals surface area (Å²) >= 11 is 0. The Kier molecular flexibility index (Phi) is 0.145. The van der Waals surface area contributed by atoms with Crippen LogP contribution in [0.4, 0.5) is 0 Å². The van der Waals surface area contributed by atoms with Gasteiger partial charge in [0, 0.05) is 0 Å². The topological polar surface area (TPSA) is 17.1 Å². The molecular formula is C13H14FeO. The number of rotatable bonds is 1. The zero-order valence-corrected chi connectivity index (χ0v) is 9.50. The molecule has 10 aliphatic heterocycles. The Morgan fingerprint density at radius 2 is 0.933 bits per heavy atom. The molecule has 0 atom stereocenters. The number of aldehydes is 1. The molecule has 0 unspecified atom stereocenters. The predicted octanol–water partition coefficient (Wildman–Crippen LogP) is 3.75. The van der Waals surface area contributed by atoms with Crippen molar-refractivity contribution in [3.63, 3.8) is 0 Å². The first-order valence-corrected chi connectivity index (χ1v) is 12.7. The van der Waals surface area contributed by atoms with Crippen LogP contribution >= 0.6 is 0 Å². The molecule has 0 aliphatic carbocycles. The summed E-state index contributed by atoms with van der Waals surface area (Å²) in [7, 11) is 0. The first-order chi connectivity index (χ1) is 7.07. The van der Waals surface area contributed by atoms with Gasteiger partial charge in [-0.25, -0.2) is 0 Å². The van der Waals surface area contributed by atoms with Crippen molar-refractivity contribution >= 4 is 6.29 Å². The zero-order chi connectivity index (χ0) is 9.50. The second-order valence-corrected chi connectivity index (χ2v) is 33.9. The van der Waals surface area contributed by atoms with Crippen LogP contribution in [0.2, 0.25) is 48.2 Å². The van der Waals surface area contributed by atoms with Crippen molar-refractivity contribution in [1.29, 1.82) is 0 Å². The Morgan fingerprint density at radius 1 is 0.733 bits per heavy atom. The van der Waals surface area contributed by atoms with Crippen LogP contribution in [0.3, 0.4) is 0 Å². The molecule has 1 nitrogen and oxygen atoms in total. The average molecular weight is 242 g/mol. The van der Waals surface area contributed by atoms with Crippen molar-refractivity contribution in [2.45, 2.75) is 48.2 Å². The quantitative estimate of drug-likeness (QED) is 0.389. The van der Waals surface area contributed by atoms with E-state index in [2.05, 4.69) is 6.58 Å². The maximum absolute atomic E-state index is 9.06. The van der Waals surface area contributed by atoms with Gasteiger partial charge < -0.3 is 0 Å². The predicted molar refractivity (Wildman–Crippen MR) is 53.8 cm³/mol. The van der Waals surface area contributed by atoms with Gasteiger partial charge in [0.2, 0.25) is 0 Å². The standard InChI is InChI=1S/2C5H5.C3H4O.Fe/c2*1-2-4-5-3-1;1-2-3-4;/h2*1-5H;2-3H,1H2;. The summed E-state index contributed by atoms with van der Waals surface area (Å²) in [5, 5.41) is 0. The van der Waals surface area contributed by atoms with E-state index in [-0.39, 0.29) is 0 Å². The van der Waals surface area contributed by atoms with Crippen LogP contribution in [0, 0.1) is 0 Å².